The highest BCUT2D eigenvalue weighted by molar-refractivity contribution is 6.06. The van der Waals surface area contributed by atoms with Crippen LogP contribution in [0.2, 0.25) is 0 Å². The van der Waals surface area contributed by atoms with Crippen LogP contribution in [0.3, 0.4) is 0 Å². The smallest absolute Gasteiger partial charge is 0.325 e. The van der Waals surface area contributed by atoms with Crippen molar-refractivity contribution < 1.29 is 19.1 Å². The third-order valence-electron chi connectivity index (χ3n) is 4.31. The maximum absolute atomic E-state index is 12.1. The van der Waals surface area contributed by atoms with Crippen molar-refractivity contribution in [3.05, 3.63) is 40.4 Å². The van der Waals surface area contributed by atoms with E-state index in [1.807, 2.05) is 0 Å². The van der Waals surface area contributed by atoms with Crippen LogP contribution in [0.4, 0.5) is 4.79 Å². The van der Waals surface area contributed by atoms with Crippen LogP contribution < -0.4 is 10.9 Å². The number of para-hydroxylation sites is 1. The van der Waals surface area contributed by atoms with E-state index >= 15 is 0 Å². The van der Waals surface area contributed by atoms with Crippen LogP contribution in [0.15, 0.2) is 29.1 Å². The molecule has 1 unspecified atom stereocenters. The van der Waals surface area contributed by atoms with Gasteiger partial charge in [-0.1, -0.05) is 12.1 Å². The molecule has 9 nitrogen and oxygen atoms in total. The number of nitrogens with one attached hydrogen (secondary N) is 2. The van der Waals surface area contributed by atoms with Crippen molar-refractivity contribution in [2.45, 2.75) is 38.8 Å². The molecule has 142 valence electrons. The minimum Gasteiger partial charge on any atom is -0.454 e. The molecule has 3 amide bonds. The highest BCUT2D eigenvalue weighted by Gasteiger charge is 2.44. The van der Waals surface area contributed by atoms with Crippen molar-refractivity contribution in [1.29, 1.82) is 0 Å². The van der Waals surface area contributed by atoms with Crippen LogP contribution in [0, 0.1) is 0 Å². The van der Waals surface area contributed by atoms with Gasteiger partial charge in [0.2, 0.25) is 0 Å². The first kappa shape index (κ1) is 18.6. The molecule has 0 saturated carbocycles. The molecule has 2 aromatic rings. The molecule has 1 saturated heterocycles. The first-order valence-electron chi connectivity index (χ1n) is 8.51. The van der Waals surface area contributed by atoms with Gasteiger partial charge in [-0.2, -0.15) is 0 Å². The Morgan fingerprint density at radius 3 is 2.63 bits per heavy atom. The molecular weight excluding hydrogens is 352 g/mol. The number of urea groups is 1. The van der Waals surface area contributed by atoms with Crippen LogP contribution in [-0.4, -0.2) is 44.9 Å². The van der Waals surface area contributed by atoms with Crippen LogP contribution >= 0.6 is 0 Å². The number of amides is 3. The molecule has 3 rings (SSSR count). The number of fused-ring (bicyclic) bond motifs is 1. The summed E-state index contributed by atoms with van der Waals surface area (Å²) in [6.07, 6.45) is -0.938. The average Bonchev–Trinajstić information content (AvgIpc) is 2.80. The number of hydrogen-bond donors (Lipinski definition) is 2. The lowest BCUT2D eigenvalue weighted by atomic mass is 10.1. The number of esters is 1. The first-order chi connectivity index (χ1) is 12.7. The summed E-state index contributed by atoms with van der Waals surface area (Å²) < 4.78 is 5.28. The summed E-state index contributed by atoms with van der Waals surface area (Å²) in [4.78, 5) is 56.0. The standard InChI is InChI=1S/C18H20N4O5/c1-10(14-19-12-7-5-4-6-11(12)15(24)20-14)27-13(23)8-9-22-16(25)18(2,3)21-17(22)26/h4-7,10H,8-9H2,1-3H3,(H,21,26)(H,19,20,24). The summed E-state index contributed by atoms with van der Waals surface area (Å²) in [5, 5.41) is 2.99. The summed E-state index contributed by atoms with van der Waals surface area (Å²) in [7, 11) is 0. The van der Waals surface area contributed by atoms with Gasteiger partial charge in [0, 0.05) is 6.54 Å². The third-order valence-corrected chi connectivity index (χ3v) is 4.31. The zero-order valence-corrected chi connectivity index (χ0v) is 15.2. The van der Waals surface area contributed by atoms with Crippen molar-refractivity contribution in [2.75, 3.05) is 6.54 Å². The lowest BCUT2D eigenvalue weighted by Gasteiger charge is -2.16. The number of carbonyl (C=O) groups excluding carboxylic acids is 3. The Morgan fingerprint density at radius 1 is 1.26 bits per heavy atom. The van der Waals surface area contributed by atoms with Gasteiger partial charge >= 0.3 is 12.0 Å². The van der Waals surface area contributed by atoms with Gasteiger partial charge in [-0.05, 0) is 32.9 Å². The molecule has 0 spiro atoms. The van der Waals surface area contributed by atoms with Crippen molar-refractivity contribution in [1.82, 2.24) is 20.2 Å². The van der Waals surface area contributed by atoms with Crippen LogP contribution in [0.1, 0.15) is 39.1 Å². The SMILES string of the molecule is CC(OC(=O)CCN1C(=O)NC(C)(C)C1=O)c1nc2ccccc2c(=O)[nH]1. The molecule has 1 aliphatic heterocycles. The van der Waals surface area contributed by atoms with Gasteiger partial charge in [0.15, 0.2) is 11.9 Å². The maximum atomic E-state index is 12.1. The quantitative estimate of drug-likeness (QED) is 0.602. The van der Waals surface area contributed by atoms with Crippen LogP contribution in [0.25, 0.3) is 10.9 Å². The van der Waals surface area contributed by atoms with E-state index in [9.17, 15) is 19.2 Å². The summed E-state index contributed by atoms with van der Waals surface area (Å²) in [6.45, 7) is 4.69. The Morgan fingerprint density at radius 2 is 1.96 bits per heavy atom. The minimum absolute atomic E-state index is 0.0820. The number of nitrogens with zero attached hydrogens (tertiary/aromatic N) is 2. The van der Waals surface area contributed by atoms with E-state index in [0.29, 0.717) is 10.9 Å². The molecule has 1 aromatic heterocycles. The molecule has 9 heteroatoms. The fourth-order valence-corrected chi connectivity index (χ4v) is 2.83. The number of carbonyl (C=O) groups is 3. The monoisotopic (exact) mass is 372 g/mol. The number of H-pyrrole nitrogens is 1. The summed E-state index contributed by atoms with van der Waals surface area (Å²) >= 11 is 0. The van der Waals surface area contributed by atoms with E-state index in [-0.39, 0.29) is 24.3 Å². The van der Waals surface area contributed by atoms with Crippen LogP contribution in [-0.2, 0) is 14.3 Å². The Hall–Kier alpha value is -3.23. The molecule has 0 aliphatic carbocycles. The highest BCUT2D eigenvalue weighted by Crippen LogP contribution is 2.18. The van der Waals surface area contributed by atoms with Crippen LogP contribution in [0.5, 0.6) is 0 Å². The number of benzene rings is 1. The van der Waals surface area contributed by atoms with Gasteiger partial charge in [0.05, 0.1) is 17.3 Å². The molecule has 1 fully saturated rings. The number of imide groups is 1. The first-order valence-corrected chi connectivity index (χ1v) is 8.51. The molecule has 2 N–H and O–H groups in total. The predicted octanol–water partition coefficient (Wildman–Crippen LogP) is 1.25. The largest absolute Gasteiger partial charge is 0.454 e. The maximum Gasteiger partial charge on any atom is 0.325 e. The molecule has 27 heavy (non-hydrogen) atoms. The van der Waals surface area contributed by atoms with Gasteiger partial charge in [-0.15, -0.1) is 0 Å². The third kappa shape index (κ3) is 3.67. The summed E-state index contributed by atoms with van der Waals surface area (Å²) in [5.41, 5.74) is -0.802. The second-order valence-corrected chi connectivity index (χ2v) is 6.86. The molecular formula is C18H20N4O5. The Kier molecular flexibility index (Phi) is 4.69. The number of aromatic nitrogens is 2. The van der Waals surface area contributed by atoms with E-state index in [2.05, 4.69) is 15.3 Å². The number of hydrogen-bond acceptors (Lipinski definition) is 6. The van der Waals surface area contributed by atoms with Gasteiger partial charge in [-0.3, -0.25) is 19.3 Å². The number of ether oxygens (including phenoxy) is 1. The number of aromatic amines is 1. The topological polar surface area (TPSA) is 121 Å². The fourth-order valence-electron chi connectivity index (χ4n) is 2.83. The highest BCUT2D eigenvalue weighted by atomic mass is 16.5. The van der Waals surface area contributed by atoms with E-state index in [1.165, 1.54) is 0 Å². The van der Waals surface area contributed by atoms with Crippen molar-refractivity contribution >= 4 is 28.8 Å². The van der Waals surface area contributed by atoms with Gasteiger partial charge in [0.1, 0.15) is 5.54 Å². The van der Waals surface area contributed by atoms with E-state index < -0.39 is 29.6 Å². The van der Waals surface area contributed by atoms with Gasteiger partial charge in [0.25, 0.3) is 11.5 Å². The van der Waals surface area contributed by atoms with Gasteiger partial charge < -0.3 is 15.0 Å². The zero-order chi connectivity index (χ0) is 19.8. The van der Waals surface area contributed by atoms with Crippen molar-refractivity contribution in [3.63, 3.8) is 0 Å². The Bertz CT molecular complexity index is 981. The molecule has 0 bridgehead atoms. The molecule has 2 heterocycles. The number of rotatable bonds is 5. The van der Waals surface area contributed by atoms with Gasteiger partial charge in [-0.25, -0.2) is 9.78 Å². The Balaban J connectivity index is 1.64. The predicted molar refractivity (Wildman–Crippen MR) is 95.8 cm³/mol. The van der Waals surface area contributed by atoms with Crippen molar-refractivity contribution in [2.24, 2.45) is 0 Å². The summed E-state index contributed by atoms with van der Waals surface area (Å²) in [6, 6.07) is 6.31. The van der Waals surface area contributed by atoms with E-state index in [0.717, 1.165) is 4.90 Å². The molecule has 0 radical (unpaired) electrons. The lowest BCUT2D eigenvalue weighted by Crippen LogP contribution is -2.40. The minimum atomic E-state index is -0.983. The fraction of sp³-hybridized carbons (Fsp3) is 0.389. The molecule has 1 atom stereocenters. The van der Waals surface area contributed by atoms with Crippen molar-refractivity contribution in [3.8, 4) is 0 Å². The average molecular weight is 372 g/mol. The summed E-state index contributed by atoms with van der Waals surface area (Å²) in [5.74, 6) is -0.777. The normalized spacial score (nSPS) is 17.1. The van der Waals surface area contributed by atoms with E-state index in [1.54, 1.807) is 45.0 Å². The molecule has 1 aromatic carbocycles. The van der Waals surface area contributed by atoms with E-state index in [4.69, 9.17) is 4.74 Å². The second kappa shape index (κ2) is 6.82. The molecule has 1 aliphatic rings. The zero-order valence-electron chi connectivity index (χ0n) is 15.2. The Labute approximate surface area is 154 Å². The second-order valence-electron chi connectivity index (χ2n) is 6.86. The lowest BCUT2D eigenvalue weighted by molar-refractivity contribution is -0.149.